The summed E-state index contributed by atoms with van der Waals surface area (Å²) in [6, 6.07) is 0. The van der Waals surface area contributed by atoms with Gasteiger partial charge in [0.1, 0.15) is 0 Å². The fourth-order valence-corrected chi connectivity index (χ4v) is 0.508. The molecule has 0 saturated heterocycles. The Morgan fingerprint density at radius 2 is 1.79 bits per heavy atom. The molecule has 0 unspecified atom stereocenters. The normalized spacial score (nSPS) is 11.5. The Morgan fingerprint density at radius 3 is 1.79 bits per heavy atom. The minimum Gasteiger partial charge on any atom is -0.726 e. The lowest BCUT2D eigenvalue weighted by Crippen LogP contribution is -2.37. The number of rotatable bonds is 4. The summed E-state index contributed by atoms with van der Waals surface area (Å²) in [6.45, 7) is 4.18. The van der Waals surface area contributed by atoms with E-state index in [-0.39, 0.29) is 6.61 Å². The third-order valence-electron chi connectivity index (χ3n) is 1.36. The largest absolute Gasteiger partial charge is 0.726 e. The summed E-state index contributed by atoms with van der Waals surface area (Å²) in [7, 11) is -0.688. The minimum atomic E-state index is -4.42. The molecule has 86 valence electrons. The molecule has 0 aliphatic rings. The first-order valence-corrected chi connectivity index (χ1v) is 5.41. The van der Waals surface area contributed by atoms with Crippen molar-refractivity contribution in [3.63, 3.8) is 0 Å². The summed E-state index contributed by atoms with van der Waals surface area (Å²) in [6.07, 6.45) is 0.931. The van der Waals surface area contributed by atoms with Crippen molar-refractivity contribution in [2.75, 3.05) is 27.2 Å². The van der Waals surface area contributed by atoms with Crippen molar-refractivity contribution in [1.29, 1.82) is 0 Å². The SMILES string of the molecule is CCOS(=O)(=O)[O-].CC[N+](C)(C)C=O. The second-order valence-electron chi connectivity index (χ2n) is 3.02. The number of amides is 1. The van der Waals surface area contributed by atoms with Crippen LogP contribution in [0.15, 0.2) is 0 Å². The molecule has 0 rings (SSSR count). The molecule has 0 heterocycles. The first-order chi connectivity index (χ1) is 6.18. The Balaban J connectivity index is 0. The lowest BCUT2D eigenvalue weighted by molar-refractivity contribution is -0.802. The molecule has 6 nitrogen and oxygen atoms in total. The van der Waals surface area contributed by atoms with Crippen LogP contribution in [0.3, 0.4) is 0 Å². The zero-order valence-corrected chi connectivity index (χ0v) is 9.70. The second kappa shape index (κ2) is 6.88. The van der Waals surface area contributed by atoms with Gasteiger partial charge in [-0.1, -0.05) is 0 Å². The summed E-state index contributed by atoms with van der Waals surface area (Å²) in [5.41, 5.74) is 0. The molecule has 14 heavy (non-hydrogen) atoms. The average Bonchev–Trinajstić information content (AvgIpc) is 2.04. The van der Waals surface area contributed by atoms with Gasteiger partial charge in [0.05, 0.1) is 27.2 Å². The van der Waals surface area contributed by atoms with Crippen LogP contribution in [0.2, 0.25) is 0 Å². The average molecular weight is 227 g/mol. The van der Waals surface area contributed by atoms with E-state index in [9.17, 15) is 17.8 Å². The number of nitrogens with zero attached hydrogens (tertiary/aromatic N) is 1. The van der Waals surface area contributed by atoms with Crippen LogP contribution in [0.4, 0.5) is 0 Å². The maximum Gasteiger partial charge on any atom is 0.301 e. The van der Waals surface area contributed by atoms with Crippen LogP contribution in [0, 0.1) is 0 Å². The molecule has 7 heteroatoms. The van der Waals surface area contributed by atoms with Crippen molar-refractivity contribution in [2.45, 2.75) is 13.8 Å². The highest BCUT2D eigenvalue weighted by Gasteiger charge is 2.06. The van der Waals surface area contributed by atoms with E-state index in [1.165, 1.54) is 6.92 Å². The molecule has 0 spiro atoms. The zero-order valence-electron chi connectivity index (χ0n) is 8.89. The van der Waals surface area contributed by atoms with Gasteiger partial charge in [-0.2, -0.15) is 0 Å². The van der Waals surface area contributed by atoms with Gasteiger partial charge in [-0.3, -0.25) is 8.67 Å². The summed E-state index contributed by atoms with van der Waals surface area (Å²) in [5, 5.41) is 0. The van der Waals surface area contributed by atoms with Gasteiger partial charge in [0.15, 0.2) is 0 Å². The van der Waals surface area contributed by atoms with E-state index in [2.05, 4.69) is 4.18 Å². The van der Waals surface area contributed by atoms with Crippen LogP contribution in [0.25, 0.3) is 0 Å². The van der Waals surface area contributed by atoms with Gasteiger partial charge >= 0.3 is 6.41 Å². The maximum absolute atomic E-state index is 10.0. The van der Waals surface area contributed by atoms with E-state index in [0.29, 0.717) is 4.48 Å². The molecule has 0 atom stereocenters. The predicted octanol–water partition coefficient (Wildman–Crippen LogP) is -0.278. The van der Waals surface area contributed by atoms with Crippen molar-refractivity contribution in [2.24, 2.45) is 0 Å². The molecule has 0 aromatic carbocycles. The standard InChI is InChI=1S/C5H12NO.C2H6O4S/c1-4-6(2,3)5-7;1-2-6-7(3,4)5/h5H,4H2,1-3H3;2H2,1H3,(H,3,4,5)/q+1;/p-1. The third-order valence-corrected chi connectivity index (χ3v) is 1.89. The Kier molecular flexibility index (Phi) is 7.84. The second-order valence-corrected chi connectivity index (χ2v) is 4.07. The van der Waals surface area contributed by atoms with E-state index in [0.717, 1.165) is 13.0 Å². The highest BCUT2D eigenvalue weighted by atomic mass is 32.3. The van der Waals surface area contributed by atoms with Crippen LogP contribution < -0.4 is 0 Å². The van der Waals surface area contributed by atoms with Crippen molar-refractivity contribution < 1.29 is 26.4 Å². The first-order valence-electron chi connectivity index (χ1n) is 4.07. The molecule has 0 aliphatic carbocycles. The Hall–Kier alpha value is -0.500. The molecule has 0 saturated carbocycles. The van der Waals surface area contributed by atoms with Crippen LogP contribution in [0.5, 0.6) is 0 Å². The van der Waals surface area contributed by atoms with E-state index >= 15 is 0 Å². The summed E-state index contributed by atoms with van der Waals surface area (Å²) >= 11 is 0. The molecule has 0 aromatic rings. The number of carbonyl (C=O) groups excluding carboxylic acids is 1. The highest BCUT2D eigenvalue weighted by molar-refractivity contribution is 7.80. The third kappa shape index (κ3) is 14.0. The van der Waals surface area contributed by atoms with Gasteiger partial charge in [0.25, 0.3) is 0 Å². The van der Waals surface area contributed by atoms with Crippen LogP contribution in [-0.2, 0) is 19.4 Å². The van der Waals surface area contributed by atoms with Crippen molar-refractivity contribution >= 4 is 16.8 Å². The summed E-state index contributed by atoms with van der Waals surface area (Å²) in [4.78, 5) is 10.0. The maximum atomic E-state index is 10.0. The highest BCUT2D eigenvalue weighted by Crippen LogP contribution is 1.85. The summed E-state index contributed by atoms with van der Waals surface area (Å²) < 4.78 is 32.5. The van der Waals surface area contributed by atoms with E-state index in [1.54, 1.807) is 0 Å². The molecular weight excluding hydrogens is 210 g/mol. The van der Waals surface area contributed by atoms with Gasteiger partial charge in [-0.25, -0.2) is 13.2 Å². The number of hydrogen-bond donors (Lipinski definition) is 0. The Bertz CT molecular complexity index is 247. The lowest BCUT2D eigenvalue weighted by atomic mass is 10.6. The molecule has 0 aromatic heterocycles. The Labute approximate surface area is 85.0 Å². The van der Waals surface area contributed by atoms with E-state index < -0.39 is 10.4 Å². The smallest absolute Gasteiger partial charge is 0.301 e. The monoisotopic (exact) mass is 227 g/mol. The predicted molar refractivity (Wildman–Crippen MR) is 50.0 cm³/mol. The van der Waals surface area contributed by atoms with Crippen LogP contribution >= 0.6 is 0 Å². The fraction of sp³-hybridized carbons (Fsp3) is 0.857. The van der Waals surface area contributed by atoms with Gasteiger partial charge in [-0.05, 0) is 13.8 Å². The lowest BCUT2D eigenvalue weighted by Gasteiger charge is -2.17. The quantitative estimate of drug-likeness (QED) is 0.285. The van der Waals surface area contributed by atoms with E-state index in [1.807, 2.05) is 21.0 Å². The van der Waals surface area contributed by atoms with Crippen molar-refractivity contribution in [3.05, 3.63) is 0 Å². The topological polar surface area (TPSA) is 83.5 Å². The van der Waals surface area contributed by atoms with E-state index in [4.69, 9.17) is 0 Å². The molecular formula is C7H17NO5S. The van der Waals surface area contributed by atoms with Crippen molar-refractivity contribution in [1.82, 2.24) is 0 Å². The van der Waals surface area contributed by atoms with Gasteiger partial charge < -0.3 is 4.55 Å². The van der Waals surface area contributed by atoms with Crippen molar-refractivity contribution in [3.8, 4) is 0 Å². The molecule has 1 amide bonds. The zero-order chi connectivity index (χ0) is 11.8. The van der Waals surface area contributed by atoms with Gasteiger partial charge in [-0.15, -0.1) is 0 Å². The fourth-order valence-electron chi connectivity index (χ4n) is 0.219. The van der Waals surface area contributed by atoms with Gasteiger partial charge in [0, 0.05) is 0 Å². The van der Waals surface area contributed by atoms with Crippen LogP contribution in [-0.4, -0.2) is 51.1 Å². The number of carbonyl (C=O) groups is 1. The summed E-state index contributed by atoms with van der Waals surface area (Å²) in [5.74, 6) is 0. The minimum absolute atomic E-state index is 0.0914. The molecule has 0 radical (unpaired) electrons. The van der Waals surface area contributed by atoms with Crippen LogP contribution in [0.1, 0.15) is 13.8 Å². The molecule has 0 N–H and O–H groups in total. The van der Waals surface area contributed by atoms with Gasteiger partial charge in [0.2, 0.25) is 10.4 Å². The Morgan fingerprint density at radius 1 is 1.36 bits per heavy atom. The first kappa shape index (κ1) is 15.9. The number of hydrogen-bond acceptors (Lipinski definition) is 5. The molecule has 0 aliphatic heterocycles. The molecule has 0 fully saturated rings. The molecule has 0 bridgehead atoms. The number of quaternary nitrogens is 1.